The van der Waals surface area contributed by atoms with E-state index in [1.165, 1.54) is 5.56 Å². The number of likely N-dealkylation sites (tertiary alicyclic amines) is 1. The fourth-order valence-electron chi connectivity index (χ4n) is 4.36. The van der Waals surface area contributed by atoms with Gasteiger partial charge in [-0.3, -0.25) is 9.59 Å². The zero-order valence-electron chi connectivity index (χ0n) is 14.5. The molecule has 2 amide bonds. The van der Waals surface area contributed by atoms with Crippen LogP contribution in [0.4, 0.5) is 0 Å². The molecule has 4 rings (SSSR count). The highest BCUT2D eigenvalue weighted by atomic mass is 16.5. The molecule has 0 aromatic heterocycles. The Kier molecular flexibility index (Phi) is 3.76. The molecule has 1 spiro atoms. The molecular formula is C19H24N2O4. The summed E-state index contributed by atoms with van der Waals surface area (Å²) in [5.74, 6) is 0.261. The van der Waals surface area contributed by atoms with E-state index in [0.29, 0.717) is 45.4 Å². The van der Waals surface area contributed by atoms with Gasteiger partial charge in [-0.25, -0.2) is 0 Å². The lowest BCUT2D eigenvalue weighted by molar-refractivity contribution is -0.149. The lowest BCUT2D eigenvalue weighted by Crippen LogP contribution is -2.51. The molecule has 2 heterocycles. The molecule has 134 valence electrons. The van der Waals surface area contributed by atoms with Crippen LogP contribution in [-0.4, -0.2) is 43.5 Å². The van der Waals surface area contributed by atoms with Crippen LogP contribution >= 0.6 is 0 Å². The van der Waals surface area contributed by atoms with Crippen LogP contribution in [0.1, 0.15) is 36.8 Å². The van der Waals surface area contributed by atoms with Crippen molar-refractivity contribution in [3.05, 3.63) is 29.3 Å². The van der Waals surface area contributed by atoms with E-state index < -0.39 is 16.9 Å². The molecule has 3 aliphatic rings. The van der Waals surface area contributed by atoms with Gasteiger partial charge in [0.25, 0.3) is 0 Å². The summed E-state index contributed by atoms with van der Waals surface area (Å²) in [5.41, 5.74) is 6.51. The maximum Gasteiger partial charge on any atom is 0.238 e. The van der Waals surface area contributed by atoms with Gasteiger partial charge in [-0.2, -0.15) is 0 Å². The lowest BCUT2D eigenvalue weighted by atomic mass is 9.78. The first-order valence-electron chi connectivity index (χ1n) is 8.92. The Bertz CT molecular complexity index is 704. The van der Waals surface area contributed by atoms with E-state index in [-0.39, 0.29) is 5.91 Å². The summed E-state index contributed by atoms with van der Waals surface area (Å²) in [7, 11) is 1.68. The Morgan fingerprint density at radius 2 is 1.92 bits per heavy atom. The Morgan fingerprint density at radius 1 is 1.20 bits per heavy atom. The molecule has 1 saturated carbocycles. The van der Waals surface area contributed by atoms with Crippen molar-refractivity contribution >= 4 is 11.8 Å². The van der Waals surface area contributed by atoms with Crippen molar-refractivity contribution in [2.75, 3.05) is 26.8 Å². The third kappa shape index (κ3) is 2.42. The smallest absolute Gasteiger partial charge is 0.238 e. The van der Waals surface area contributed by atoms with Crippen molar-refractivity contribution in [1.82, 2.24) is 4.90 Å². The van der Waals surface area contributed by atoms with Crippen LogP contribution in [0.15, 0.2) is 18.2 Å². The van der Waals surface area contributed by atoms with Crippen LogP contribution in [0.3, 0.4) is 0 Å². The largest absolute Gasteiger partial charge is 0.496 e. The number of carbonyl (C=O) groups excluding carboxylic acids is 2. The second-order valence-corrected chi connectivity index (χ2v) is 7.33. The van der Waals surface area contributed by atoms with Gasteiger partial charge >= 0.3 is 0 Å². The Hall–Kier alpha value is -2.08. The molecule has 1 aromatic carbocycles. The van der Waals surface area contributed by atoms with Gasteiger partial charge in [0.2, 0.25) is 11.8 Å². The molecule has 1 aliphatic carbocycles. The van der Waals surface area contributed by atoms with Gasteiger partial charge in [0.1, 0.15) is 16.8 Å². The minimum Gasteiger partial charge on any atom is -0.496 e. The average Bonchev–Trinajstić information content (AvgIpc) is 3.44. The molecule has 0 bridgehead atoms. The minimum absolute atomic E-state index is 0.106. The quantitative estimate of drug-likeness (QED) is 0.839. The molecule has 1 aromatic rings. The molecule has 6 nitrogen and oxygen atoms in total. The van der Waals surface area contributed by atoms with E-state index in [0.717, 1.165) is 17.7 Å². The summed E-state index contributed by atoms with van der Waals surface area (Å²) < 4.78 is 11.8. The summed E-state index contributed by atoms with van der Waals surface area (Å²) in [6.45, 7) is 1.83. The first-order valence-corrected chi connectivity index (χ1v) is 8.92. The van der Waals surface area contributed by atoms with Crippen molar-refractivity contribution in [1.29, 1.82) is 0 Å². The second kappa shape index (κ2) is 5.73. The third-order valence-corrected chi connectivity index (χ3v) is 6.03. The Morgan fingerprint density at radius 3 is 2.52 bits per heavy atom. The Labute approximate surface area is 147 Å². The van der Waals surface area contributed by atoms with Crippen LogP contribution in [0.2, 0.25) is 0 Å². The van der Waals surface area contributed by atoms with Crippen molar-refractivity contribution < 1.29 is 19.1 Å². The monoisotopic (exact) mass is 344 g/mol. The predicted molar refractivity (Wildman–Crippen MR) is 91.0 cm³/mol. The maximum atomic E-state index is 12.7. The molecule has 0 atom stereocenters. The number of primary amides is 1. The fourth-order valence-corrected chi connectivity index (χ4v) is 4.36. The number of piperidine rings is 1. The number of hydrogen-bond donors (Lipinski definition) is 1. The average molecular weight is 344 g/mol. The SMILES string of the molecule is COc1cccc2c1C1(CCN(C(=O)C3(C(N)=O)CC3)CC1)OCC2. The van der Waals surface area contributed by atoms with Crippen LogP contribution in [0.25, 0.3) is 0 Å². The van der Waals surface area contributed by atoms with Gasteiger partial charge in [0.15, 0.2) is 0 Å². The summed E-state index contributed by atoms with van der Waals surface area (Å²) in [6.07, 6.45) is 3.45. The molecule has 2 aliphatic heterocycles. The molecule has 6 heteroatoms. The van der Waals surface area contributed by atoms with Crippen molar-refractivity contribution in [2.45, 2.75) is 37.7 Å². The number of fused-ring (bicyclic) bond motifs is 2. The van der Waals surface area contributed by atoms with E-state index in [1.54, 1.807) is 12.0 Å². The van der Waals surface area contributed by atoms with Crippen LogP contribution in [0.5, 0.6) is 5.75 Å². The van der Waals surface area contributed by atoms with Gasteiger partial charge in [0.05, 0.1) is 13.7 Å². The normalized spacial score (nSPS) is 23.0. The first-order chi connectivity index (χ1) is 12.0. The fraction of sp³-hybridized carbons (Fsp3) is 0.579. The predicted octanol–water partition coefficient (Wildman–Crippen LogP) is 1.35. The zero-order valence-corrected chi connectivity index (χ0v) is 14.5. The zero-order chi connectivity index (χ0) is 17.7. The molecule has 1 saturated heterocycles. The molecule has 0 radical (unpaired) electrons. The number of benzene rings is 1. The number of nitrogens with zero attached hydrogens (tertiary/aromatic N) is 1. The standard InChI is InChI=1S/C19H24N2O4/c1-24-14-4-2-3-13-5-12-25-19(15(13)14)8-10-21(11-9-19)17(23)18(6-7-18)16(20)22/h2-4H,5-12H2,1H3,(H2,20,22). The highest BCUT2D eigenvalue weighted by molar-refractivity contribution is 6.07. The summed E-state index contributed by atoms with van der Waals surface area (Å²) in [5, 5.41) is 0. The maximum absolute atomic E-state index is 12.7. The number of methoxy groups -OCH3 is 1. The third-order valence-electron chi connectivity index (χ3n) is 6.03. The van der Waals surface area contributed by atoms with Crippen LogP contribution in [0, 0.1) is 5.41 Å². The number of hydrogen-bond acceptors (Lipinski definition) is 4. The highest BCUT2D eigenvalue weighted by Crippen LogP contribution is 2.49. The number of nitrogens with two attached hydrogens (primary N) is 1. The first kappa shape index (κ1) is 16.4. The topological polar surface area (TPSA) is 81.9 Å². The van der Waals surface area contributed by atoms with E-state index >= 15 is 0 Å². The lowest BCUT2D eigenvalue weighted by Gasteiger charge is -2.45. The molecule has 2 N–H and O–H groups in total. The summed E-state index contributed by atoms with van der Waals surface area (Å²) in [6, 6.07) is 6.12. The molecule has 0 unspecified atom stereocenters. The number of amides is 2. The van der Waals surface area contributed by atoms with Gasteiger partial charge in [-0.15, -0.1) is 0 Å². The van der Waals surface area contributed by atoms with Gasteiger partial charge in [0, 0.05) is 18.7 Å². The molecular weight excluding hydrogens is 320 g/mol. The van der Waals surface area contributed by atoms with E-state index in [2.05, 4.69) is 6.07 Å². The highest BCUT2D eigenvalue weighted by Gasteiger charge is 2.58. The van der Waals surface area contributed by atoms with E-state index in [4.69, 9.17) is 15.2 Å². The van der Waals surface area contributed by atoms with E-state index in [1.807, 2.05) is 12.1 Å². The minimum atomic E-state index is -0.937. The Balaban J connectivity index is 1.57. The number of ether oxygens (including phenoxy) is 2. The van der Waals surface area contributed by atoms with Crippen molar-refractivity contribution in [3.8, 4) is 5.75 Å². The number of rotatable bonds is 3. The van der Waals surface area contributed by atoms with Gasteiger partial charge < -0.3 is 20.1 Å². The van der Waals surface area contributed by atoms with Crippen molar-refractivity contribution in [2.24, 2.45) is 11.1 Å². The van der Waals surface area contributed by atoms with E-state index in [9.17, 15) is 9.59 Å². The number of carbonyl (C=O) groups is 2. The summed E-state index contributed by atoms with van der Waals surface area (Å²) >= 11 is 0. The molecule has 2 fully saturated rings. The van der Waals surface area contributed by atoms with Crippen molar-refractivity contribution in [3.63, 3.8) is 0 Å². The van der Waals surface area contributed by atoms with Crippen LogP contribution < -0.4 is 10.5 Å². The summed E-state index contributed by atoms with van der Waals surface area (Å²) in [4.78, 5) is 26.2. The van der Waals surface area contributed by atoms with Gasteiger partial charge in [-0.05, 0) is 43.7 Å². The van der Waals surface area contributed by atoms with Gasteiger partial charge in [-0.1, -0.05) is 12.1 Å². The second-order valence-electron chi connectivity index (χ2n) is 7.33. The van der Waals surface area contributed by atoms with Crippen LogP contribution in [-0.2, 0) is 26.3 Å². The molecule has 25 heavy (non-hydrogen) atoms.